The van der Waals surface area contributed by atoms with E-state index >= 15 is 0 Å². The van der Waals surface area contributed by atoms with Gasteiger partial charge in [-0.15, -0.1) is 0 Å². The summed E-state index contributed by atoms with van der Waals surface area (Å²) < 4.78 is 10.8. The summed E-state index contributed by atoms with van der Waals surface area (Å²) in [5, 5.41) is 12.0. The maximum atomic E-state index is 12.3. The number of carbonyl (C=O) groups is 1. The molecule has 126 valence electrons. The second-order valence-electron chi connectivity index (χ2n) is 5.87. The molecule has 0 fully saturated rings. The van der Waals surface area contributed by atoms with Crippen LogP contribution < -0.4 is 5.32 Å². The number of pyridine rings is 1. The van der Waals surface area contributed by atoms with Crippen molar-refractivity contribution in [3.05, 3.63) is 53.5 Å². The molecule has 0 radical (unpaired) electrons. The first-order valence-corrected chi connectivity index (χ1v) is 8.18. The number of furan rings is 1. The zero-order valence-corrected chi connectivity index (χ0v) is 13.8. The molecule has 0 unspecified atom stereocenters. The van der Waals surface area contributed by atoms with Crippen LogP contribution >= 0.6 is 0 Å². The Hall–Kier alpha value is -3.15. The summed E-state index contributed by atoms with van der Waals surface area (Å²) in [6.07, 6.45) is 4.87. The van der Waals surface area contributed by atoms with E-state index in [1.807, 2.05) is 18.2 Å². The molecule has 6 heteroatoms. The fourth-order valence-corrected chi connectivity index (χ4v) is 3.13. The third-order valence-corrected chi connectivity index (χ3v) is 4.30. The number of anilines is 2. The van der Waals surface area contributed by atoms with Crippen LogP contribution in [0.1, 0.15) is 35.0 Å². The molecule has 2 aromatic heterocycles. The summed E-state index contributed by atoms with van der Waals surface area (Å²) >= 11 is 0. The molecule has 1 aromatic carbocycles. The lowest BCUT2D eigenvalue weighted by Crippen LogP contribution is -2.06. The minimum Gasteiger partial charge on any atom is -0.460 e. The smallest absolute Gasteiger partial charge is 0.376 e. The quantitative estimate of drug-likeness (QED) is 0.702. The Morgan fingerprint density at radius 2 is 2.24 bits per heavy atom. The number of ether oxygens (including phenoxy) is 1. The number of hydrogen-bond acceptors (Lipinski definition) is 6. The summed E-state index contributed by atoms with van der Waals surface area (Å²) in [5.41, 5.74) is 4.76. The Morgan fingerprint density at radius 3 is 3.08 bits per heavy atom. The van der Waals surface area contributed by atoms with Crippen molar-refractivity contribution in [2.24, 2.45) is 0 Å². The van der Waals surface area contributed by atoms with Crippen LogP contribution in [0.3, 0.4) is 0 Å². The van der Waals surface area contributed by atoms with Crippen LogP contribution in [-0.2, 0) is 11.2 Å². The van der Waals surface area contributed by atoms with Crippen LogP contribution in [0, 0.1) is 5.41 Å². The van der Waals surface area contributed by atoms with E-state index in [0.29, 0.717) is 17.0 Å². The molecule has 0 saturated carbocycles. The van der Waals surface area contributed by atoms with Crippen LogP contribution in [0.5, 0.6) is 0 Å². The van der Waals surface area contributed by atoms with Crippen molar-refractivity contribution in [2.45, 2.75) is 19.8 Å². The monoisotopic (exact) mass is 335 g/mol. The molecule has 0 saturated heterocycles. The molecule has 0 aliphatic heterocycles. The number of nitrogens with zero attached hydrogens (tertiary/aromatic N) is 1. The molecular weight excluding hydrogens is 318 g/mol. The van der Waals surface area contributed by atoms with E-state index in [1.54, 1.807) is 25.4 Å². The molecule has 1 aliphatic rings. The molecule has 2 heterocycles. The highest BCUT2D eigenvalue weighted by Gasteiger charge is 2.23. The number of fused-ring (bicyclic) bond motifs is 2. The number of carbonyl (C=O) groups excluding carboxylic acids is 1. The molecule has 0 spiro atoms. The first-order chi connectivity index (χ1) is 12.2. The van der Waals surface area contributed by atoms with Crippen LogP contribution in [0.25, 0.3) is 11.0 Å². The third-order valence-electron chi connectivity index (χ3n) is 4.30. The fourth-order valence-electron chi connectivity index (χ4n) is 3.13. The minimum absolute atomic E-state index is 0.137. The van der Waals surface area contributed by atoms with Gasteiger partial charge in [0.25, 0.3) is 0 Å². The van der Waals surface area contributed by atoms with Crippen LogP contribution in [-0.4, -0.2) is 23.3 Å². The van der Waals surface area contributed by atoms with E-state index in [4.69, 9.17) is 14.6 Å². The maximum Gasteiger partial charge on any atom is 0.376 e. The average molecular weight is 335 g/mol. The Balaban J connectivity index is 1.77. The van der Waals surface area contributed by atoms with E-state index in [2.05, 4.69) is 10.3 Å². The van der Waals surface area contributed by atoms with Gasteiger partial charge in [-0.2, -0.15) is 0 Å². The highest BCUT2D eigenvalue weighted by Crippen LogP contribution is 2.34. The van der Waals surface area contributed by atoms with E-state index < -0.39 is 5.97 Å². The Labute approximate surface area is 144 Å². The number of esters is 1. The molecule has 1 aliphatic carbocycles. The molecule has 2 N–H and O–H groups in total. The van der Waals surface area contributed by atoms with Gasteiger partial charge in [-0.1, -0.05) is 6.07 Å². The number of nitrogens with one attached hydrogen (secondary N) is 2. The van der Waals surface area contributed by atoms with Crippen LogP contribution in [0.4, 0.5) is 11.4 Å². The van der Waals surface area contributed by atoms with Gasteiger partial charge in [-0.25, -0.2) is 4.79 Å². The van der Waals surface area contributed by atoms with Gasteiger partial charge in [-0.3, -0.25) is 4.98 Å². The van der Waals surface area contributed by atoms with Gasteiger partial charge in [-0.05, 0) is 49.1 Å². The van der Waals surface area contributed by atoms with Crippen molar-refractivity contribution >= 4 is 34.0 Å². The topological polar surface area (TPSA) is 88.2 Å². The Morgan fingerprint density at radius 1 is 1.36 bits per heavy atom. The number of rotatable bonds is 4. The van der Waals surface area contributed by atoms with Gasteiger partial charge >= 0.3 is 5.97 Å². The average Bonchev–Trinajstić information content (AvgIpc) is 3.17. The zero-order valence-electron chi connectivity index (χ0n) is 13.8. The first kappa shape index (κ1) is 15.4. The lowest BCUT2D eigenvalue weighted by Gasteiger charge is -2.09. The van der Waals surface area contributed by atoms with Gasteiger partial charge < -0.3 is 19.9 Å². The van der Waals surface area contributed by atoms with Crippen molar-refractivity contribution in [1.82, 2.24) is 4.98 Å². The maximum absolute atomic E-state index is 12.3. The van der Waals surface area contributed by atoms with Crippen molar-refractivity contribution in [3.8, 4) is 0 Å². The molecule has 0 bridgehead atoms. The summed E-state index contributed by atoms with van der Waals surface area (Å²) in [7, 11) is 0. The van der Waals surface area contributed by atoms with Crippen molar-refractivity contribution < 1.29 is 13.9 Å². The molecule has 6 nitrogen and oxygen atoms in total. The lowest BCUT2D eigenvalue weighted by atomic mass is 10.1. The number of hydrogen-bond donors (Lipinski definition) is 2. The SMILES string of the molecule is CCOC(=O)c1oc2cnccc2c1Nc1ccc2c(c1)CCC2=N. The van der Waals surface area contributed by atoms with E-state index in [-0.39, 0.29) is 12.4 Å². The predicted molar refractivity (Wildman–Crippen MR) is 94.8 cm³/mol. The molecule has 25 heavy (non-hydrogen) atoms. The van der Waals surface area contributed by atoms with Crippen molar-refractivity contribution in [3.63, 3.8) is 0 Å². The van der Waals surface area contributed by atoms with Gasteiger partial charge in [0, 0.05) is 23.0 Å². The first-order valence-electron chi connectivity index (χ1n) is 8.18. The van der Waals surface area contributed by atoms with Gasteiger partial charge in [0.2, 0.25) is 5.76 Å². The summed E-state index contributed by atoms with van der Waals surface area (Å²) in [4.78, 5) is 16.3. The second kappa shape index (κ2) is 6.05. The number of benzene rings is 1. The normalized spacial score (nSPS) is 13.1. The molecular formula is C19H17N3O3. The highest BCUT2D eigenvalue weighted by molar-refractivity contribution is 6.06. The predicted octanol–water partition coefficient (Wildman–Crippen LogP) is 4.06. The Kier molecular flexibility index (Phi) is 3.72. The summed E-state index contributed by atoms with van der Waals surface area (Å²) in [6.45, 7) is 2.03. The van der Waals surface area contributed by atoms with Gasteiger partial charge in [0.15, 0.2) is 5.58 Å². The second-order valence-corrected chi connectivity index (χ2v) is 5.87. The minimum atomic E-state index is -0.510. The third kappa shape index (κ3) is 2.65. The highest BCUT2D eigenvalue weighted by atomic mass is 16.5. The van der Waals surface area contributed by atoms with Gasteiger partial charge in [0.1, 0.15) is 5.69 Å². The van der Waals surface area contributed by atoms with Crippen LogP contribution in [0.2, 0.25) is 0 Å². The van der Waals surface area contributed by atoms with E-state index in [0.717, 1.165) is 35.0 Å². The largest absolute Gasteiger partial charge is 0.460 e. The standard InChI is InChI=1S/C19H17N3O3/c1-2-24-19(23)18-17(14-7-8-21-10-16(14)25-18)22-12-4-5-13-11(9-12)3-6-15(13)20/h4-5,7-10,20,22H,2-3,6H2,1H3. The zero-order chi connectivity index (χ0) is 17.4. The summed E-state index contributed by atoms with van der Waals surface area (Å²) in [5.74, 6) is -0.373. The summed E-state index contributed by atoms with van der Waals surface area (Å²) in [6, 6.07) is 7.67. The van der Waals surface area contributed by atoms with Crippen molar-refractivity contribution in [1.29, 1.82) is 5.41 Å². The number of aryl methyl sites for hydroxylation is 1. The fraction of sp³-hybridized carbons (Fsp3) is 0.211. The molecule has 0 atom stereocenters. The number of aromatic nitrogens is 1. The molecule has 3 aromatic rings. The van der Waals surface area contributed by atoms with Crippen molar-refractivity contribution in [2.75, 3.05) is 11.9 Å². The Bertz CT molecular complexity index is 991. The molecule has 4 rings (SSSR count). The van der Waals surface area contributed by atoms with E-state index in [9.17, 15) is 4.79 Å². The van der Waals surface area contributed by atoms with Crippen LogP contribution in [0.15, 0.2) is 41.1 Å². The van der Waals surface area contributed by atoms with Gasteiger partial charge in [0.05, 0.1) is 12.8 Å². The lowest BCUT2D eigenvalue weighted by molar-refractivity contribution is 0.0494. The van der Waals surface area contributed by atoms with E-state index in [1.165, 1.54) is 0 Å². The molecule has 0 amide bonds.